The molecule has 1 unspecified atom stereocenters. The molecule has 14 heavy (non-hydrogen) atoms. The summed E-state index contributed by atoms with van der Waals surface area (Å²) in [4.78, 5) is 3.25. The van der Waals surface area contributed by atoms with Crippen molar-refractivity contribution in [3.8, 4) is 0 Å². The summed E-state index contributed by atoms with van der Waals surface area (Å²) in [6.45, 7) is 8.32. The number of allylic oxidation sites excluding steroid dienone is 2. The van der Waals surface area contributed by atoms with E-state index in [-0.39, 0.29) is 0 Å². The number of aromatic nitrogens is 1. The molecule has 0 aromatic carbocycles. The van der Waals surface area contributed by atoms with Crippen LogP contribution in [0.3, 0.4) is 0 Å². The highest BCUT2D eigenvalue weighted by molar-refractivity contribution is 5.68. The van der Waals surface area contributed by atoms with Crippen LogP contribution in [-0.2, 0) is 0 Å². The summed E-state index contributed by atoms with van der Waals surface area (Å²) in [6, 6.07) is 0. The standard InChI is InChI=1S/C11H13N.C2H6/c1-8-3-5-10-9(2)7-12-11(10)6-4-8;1-2/h3-8,12H,1-2H3;1-2H3. The van der Waals surface area contributed by atoms with E-state index in [9.17, 15) is 0 Å². The number of hydrogen-bond donors (Lipinski definition) is 1. The molecule has 0 fully saturated rings. The molecule has 1 nitrogen and oxygen atoms in total. The molecule has 1 heterocycles. The molecule has 1 N–H and O–H groups in total. The maximum atomic E-state index is 3.25. The second kappa shape index (κ2) is 4.85. The number of H-pyrrole nitrogens is 1. The van der Waals surface area contributed by atoms with Gasteiger partial charge in [-0.1, -0.05) is 39.0 Å². The monoisotopic (exact) mass is 189 g/mol. The largest absolute Gasteiger partial charge is 0.361 e. The van der Waals surface area contributed by atoms with Gasteiger partial charge in [-0.15, -0.1) is 0 Å². The SMILES string of the molecule is CC.Cc1c[nH]c2c1C=CC(C)C=C2. The van der Waals surface area contributed by atoms with Crippen molar-refractivity contribution in [2.24, 2.45) is 5.92 Å². The van der Waals surface area contributed by atoms with Gasteiger partial charge in [-0.05, 0) is 24.5 Å². The zero-order valence-electron chi connectivity index (χ0n) is 9.46. The summed E-state index contributed by atoms with van der Waals surface area (Å²) in [7, 11) is 0. The second-order valence-corrected chi connectivity index (χ2v) is 3.38. The molecule has 1 aliphatic carbocycles. The van der Waals surface area contributed by atoms with E-state index in [1.165, 1.54) is 16.8 Å². The first kappa shape index (κ1) is 10.8. The molecule has 2 rings (SSSR count). The number of aromatic amines is 1. The molecule has 1 heteroatoms. The Morgan fingerprint density at radius 2 is 1.79 bits per heavy atom. The number of fused-ring (bicyclic) bond motifs is 1. The minimum absolute atomic E-state index is 0.546. The molecular weight excluding hydrogens is 170 g/mol. The Balaban J connectivity index is 0.000000461. The Hall–Kier alpha value is -1.24. The van der Waals surface area contributed by atoms with Crippen molar-refractivity contribution < 1.29 is 0 Å². The fraction of sp³-hybridized carbons (Fsp3) is 0.385. The lowest BCUT2D eigenvalue weighted by molar-refractivity contribution is 0.953. The molecule has 0 spiro atoms. The lowest BCUT2D eigenvalue weighted by atomic mass is 10.1. The van der Waals surface area contributed by atoms with Crippen molar-refractivity contribution in [3.63, 3.8) is 0 Å². The van der Waals surface area contributed by atoms with E-state index in [0.717, 1.165) is 0 Å². The highest BCUT2D eigenvalue weighted by Crippen LogP contribution is 2.21. The van der Waals surface area contributed by atoms with Crippen LogP contribution in [0.2, 0.25) is 0 Å². The van der Waals surface area contributed by atoms with Crippen LogP contribution < -0.4 is 0 Å². The van der Waals surface area contributed by atoms with Crippen LogP contribution in [0.25, 0.3) is 12.2 Å². The van der Waals surface area contributed by atoms with Gasteiger partial charge in [0.2, 0.25) is 0 Å². The first-order valence-electron chi connectivity index (χ1n) is 5.32. The van der Waals surface area contributed by atoms with Gasteiger partial charge in [0, 0.05) is 17.5 Å². The minimum Gasteiger partial charge on any atom is -0.361 e. The third kappa shape index (κ3) is 2.16. The summed E-state index contributed by atoms with van der Waals surface area (Å²) in [6.07, 6.45) is 10.8. The predicted molar refractivity (Wildman–Crippen MR) is 64.1 cm³/mol. The lowest BCUT2D eigenvalue weighted by Gasteiger charge is -1.92. The number of nitrogens with one attached hydrogen (secondary N) is 1. The third-order valence-corrected chi connectivity index (χ3v) is 2.29. The van der Waals surface area contributed by atoms with Gasteiger partial charge >= 0.3 is 0 Å². The first-order chi connectivity index (χ1) is 6.77. The molecule has 1 aromatic rings. The average molecular weight is 189 g/mol. The molecular formula is C13H19N. The van der Waals surface area contributed by atoms with Crippen LogP contribution in [0, 0.1) is 12.8 Å². The molecule has 0 saturated carbocycles. The Labute approximate surface area is 86.5 Å². The number of rotatable bonds is 0. The van der Waals surface area contributed by atoms with Gasteiger partial charge < -0.3 is 4.98 Å². The number of aryl methyl sites for hydroxylation is 1. The highest BCUT2D eigenvalue weighted by atomic mass is 14.7. The van der Waals surface area contributed by atoms with Gasteiger partial charge in [0.05, 0.1) is 0 Å². The summed E-state index contributed by atoms with van der Waals surface area (Å²) in [5, 5.41) is 0. The lowest BCUT2D eigenvalue weighted by Crippen LogP contribution is -1.77. The van der Waals surface area contributed by atoms with E-state index in [0.29, 0.717) is 5.92 Å². The quantitative estimate of drug-likeness (QED) is 0.634. The van der Waals surface area contributed by atoms with Gasteiger partial charge in [0.1, 0.15) is 0 Å². The zero-order valence-corrected chi connectivity index (χ0v) is 9.46. The van der Waals surface area contributed by atoms with Crippen molar-refractivity contribution in [2.75, 3.05) is 0 Å². The smallest absolute Gasteiger partial charge is 0.0453 e. The van der Waals surface area contributed by atoms with Crippen molar-refractivity contribution in [3.05, 3.63) is 35.2 Å². The van der Waals surface area contributed by atoms with Crippen LogP contribution in [0.5, 0.6) is 0 Å². The fourth-order valence-electron chi connectivity index (χ4n) is 1.47. The molecule has 0 aliphatic heterocycles. The first-order valence-corrected chi connectivity index (χ1v) is 5.32. The van der Waals surface area contributed by atoms with E-state index in [2.05, 4.69) is 49.3 Å². The maximum absolute atomic E-state index is 3.25. The Morgan fingerprint density at radius 1 is 1.14 bits per heavy atom. The van der Waals surface area contributed by atoms with E-state index in [1.54, 1.807) is 0 Å². The topological polar surface area (TPSA) is 15.8 Å². The maximum Gasteiger partial charge on any atom is 0.0453 e. The van der Waals surface area contributed by atoms with Gasteiger partial charge in [0.25, 0.3) is 0 Å². The zero-order chi connectivity index (χ0) is 10.6. The predicted octanol–water partition coefficient (Wildman–Crippen LogP) is 4.03. The van der Waals surface area contributed by atoms with E-state index >= 15 is 0 Å². The van der Waals surface area contributed by atoms with Crippen LogP contribution in [0.1, 0.15) is 37.6 Å². The molecule has 0 bridgehead atoms. The molecule has 0 saturated heterocycles. The van der Waals surface area contributed by atoms with Crippen LogP contribution in [0.15, 0.2) is 18.3 Å². The van der Waals surface area contributed by atoms with Crippen LogP contribution in [0.4, 0.5) is 0 Å². The number of hydrogen-bond acceptors (Lipinski definition) is 0. The molecule has 0 radical (unpaired) electrons. The van der Waals surface area contributed by atoms with Gasteiger partial charge in [-0.2, -0.15) is 0 Å². The Morgan fingerprint density at radius 3 is 2.50 bits per heavy atom. The van der Waals surface area contributed by atoms with Crippen molar-refractivity contribution in [2.45, 2.75) is 27.7 Å². The summed E-state index contributed by atoms with van der Waals surface area (Å²) in [5.74, 6) is 0.546. The summed E-state index contributed by atoms with van der Waals surface area (Å²) in [5.41, 5.74) is 3.88. The van der Waals surface area contributed by atoms with Crippen LogP contribution >= 0.6 is 0 Å². The normalized spacial score (nSPS) is 18.1. The average Bonchev–Trinajstić information content (AvgIpc) is 2.45. The summed E-state index contributed by atoms with van der Waals surface area (Å²) >= 11 is 0. The highest BCUT2D eigenvalue weighted by Gasteiger charge is 2.05. The Bertz CT molecular complexity index is 342. The summed E-state index contributed by atoms with van der Waals surface area (Å²) < 4.78 is 0. The fourth-order valence-corrected chi connectivity index (χ4v) is 1.47. The third-order valence-electron chi connectivity index (χ3n) is 2.29. The van der Waals surface area contributed by atoms with E-state index in [4.69, 9.17) is 0 Å². The molecule has 1 aliphatic rings. The molecule has 1 atom stereocenters. The van der Waals surface area contributed by atoms with Crippen LogP contribution in [-0.4, -0.2) is 4.98 Å². The van der Waals surface area contributed by atoms with Gasteiger partial charge in [0.15, 0.2) is 0 Å². The minimum atomic E-state index is 0.546. The van der Waals surface area contributed by atoms with E-state index < -0.39 is 0 Å². The second-order valence-electron chi connectivity index (χ2n) is 3.38. The Kier molecular flexibility index (Phi) is 3.75. The molecule has 76 valence electrons. The van der Waals surface area contributed by atoms with Gasteiger partial charge in [-0.3, -0.25) is 0 Å². The molecule has 1 aromatic heterocycles. The van der Waals surface area contributed by atoms with Crippen molar-refractivity contribution >= 4 is 12.2 Å². The van der Waals surface area contributed by atoms with E-state index in [1.807, 2.05) is 13.8 Å². The molecule has 0 amide bonds. The van der Waals surface area contributed by atoms with Crippen molar-refractivity contribution in [1.29, 1.82) is 0 Å². The van der Waals surface area contributed by atoms with Gasteiger partial charge in [-0.25, -0.2) is 0 Å². The van der Waals surface area contributed by atoms with Crippen molar-refractivity contribution in [1.82, 2.24) is 4.98 Å².